The Morgan fingerprint density at radius 2 is 1.67 bits per heavy atom. The summed E-state index contributed by atoms with van der Waals surface area (Å²) < 4.78 is 24.0. The van der Waals surface area contributed by atoms with Gasteiger partial charge in [0.2, 0.25) is 0 Å². The second kappa shape index (κ2) is 10.0. The van der Waals surface area contributed by atoms with Crippen molar-refractivity contribution in [3.05, 3.63) is 78.3 Å². The fraction of sp³-hybridized carbons (Fsp3) is 0.136. The van der Waals surface area contributed by atoms with E-state index in [2.05, 4.69) is 5.32 Å². The molecule has 2 N–H and O–H groups in total. The summed E-state index contributed by atoms with van der Waals surface area (Å²) in [7, 11) is 0. The number of para-hydroxylation sites is 1. The molecule has 0 unspecified atom stereocenters. The molecule has 0 aliphatic heterocycles. The number of anilines is 1. The number of ether oxygens (including phenoxy) is 1. The van der Waals surface area contributed by atoms with Crippen molar-refractivity contribution in [3.63, 3.8) is 0 Å². The summed E-state index contributed by atoms with van der Waals surface area (Å²) >= 11 is 0. The number of carbonyl (C=O) groups excluding carboxylic acids is 3. The lowest BCUT2D eigenvalue weighted by Gasteiger charge is -2.08. The monoisotopic (exact) mass is 410 g/mol. The van der Waals surface area contributed by atoms with E-state index in [4.69, 9.17) is 9.15 Å². The molecular formula is C22H19FN2O5. The van der Waals surface area contributed by atoms with E-state index < -0.39 is 30.3 Å². The molecule has 30 heavy (non-hydrogen) atoms. The smallest absolute Gasteiger partial charge is 0.326 e. The lowest BCUT2D eigenvalue weighted by Crippen LogP contribution is -2.37. The predicted octanol–water partition coefficient (Wildman–Crippen LogP) is 3.91. The van der Waals surface area contributed by atoms with Gasteiger partial charge in [-0.3, -0.25) is 14.9 Å². The van der Waals surface area contributed by atoms with Gasteiger partial charge in [0.1, 0.15) is 17.3 Å². The number of hydrogen-bond acceptors (Lipinski definition) is 5. The Balaban J connectivity index is 1.38. The van der Waals surface area contributed by atoms with E-state index in [-0.39, 0.29) is 12.1 Å². The number of amides is 3. The molecule has 3 rings (SSSR count). The first-order valence-electron chi connectivity index (χ1n) is 9.16. The van der Waals surface area contributed by atoms with Crippen LogP contribution in [0.15, 0.2) is 71.1 Å². The fourth-order valence-electron chi connectivity index (χ4n) is 2.59. The molecule has 7 nitrogen and oxygen atoms in total. The van der Waals surface area contributed by atoms with Gasteiger partial charge in [-0.05, 0) is 24.3 Å². The Labute approximate surface area is 171 Å². The molecule has 2 aromatic carbocycles. The van der Waals surface area contributed by atoms with Crippen LogP contribution in [-0.2, 0) is 20.7 Å². The summed E-state index contributed by atoms with van der Waals surface area (Å²) in [5.41, 5.74) is 0.852. The molecule has 1 heterocycles. The quantitative estimate of drug-likeness (QED) is 0.576. The number of hydrogen-bond donors (Lipinski definition) is 2. The second-order valence-corrected chi connectivity index (χ2v) is 6.27. The highest BCUT2D eigenvalue weighted by atomic mass is 19.1. The normalized spacial score (nSPS) is 10.3. The Morgan fingerprint density at radius 3 is 2.43 bits per heavy atom. The number of nitrogens with one attached hydrogen (secondary N) is 2. The maximum absolute atomic E-state index is 13.5. The molecular weight excluding hydrogens is 391 g/mol. The molecule has 0 saturated carbocycles. The first kappa shape index (κ1) is 20.8. The van der Waals surface area contributed by atoms with Crippen molar-refractivity contribution in [3.8, 4) is 11.3 Å². The van der Waals surface area contributed by atoms with Crippen molar-refractivity contribution in [1.82, 2.24) is 5.32 Å². The van der Waals surface area contributed by atoms with Crippen molar-refractivity contribution >= 4 is 23.6 Å². The first-order chi connectivity index (χ1) is 14.5. The molecule has 8 heteroatoms. The van der Waals surface area contributed by atoms with E-state index in [0.717, 1.165) is 5.56 Å². The van der Waals surface area contributed by atoms with E-state index in [9.17, 15) is 18.8 Å². The van der Waals surface area contributed by atoms with E-state index >= 15 is 0 Å². The summed E-state index contributed by atoms with van der Waals surface area (Å²) in [6.45, 7) is -0.628. The van der Waals surface area contributed by atoms with Gasteiger partial charge in [-0.25, -0.2) is 9.18 Å². The van der Waals surface area contributed by atoms with E-state index in [0.29, 0.717) is 17.9 Å². The standard InChI is InChI=1S/C22H19FN2O5/c23-17-8-4-5-9-18(17)24-22(28)25-20(26)14-29-21(27)13-11-16-10-12-19(30-16)15-6-2-1-3-7-15/h1-10,12H,11,13-14H2,(H2,24,25,26,28). The Bertz CT molecular complexity index is 1030. The summed E-state index contributed by atoms with van der Waals surface area (Å²) in [4.78, 5) is 35.2. The number of furan rings is 1. The zero-order chi connectivity index (χ0) is 21.3. The van der Waals surface area contributed by atoms with Crippen molar-refractivity contribution in [2.45, 2.75) is 12.8 Å². The van der Waals surface area contributed by atoms with Crippen molar-refractivity contribution < 1.29 is 27.9 Å². The summed E-state index contributed by atoms with van der Waals surface area (Å²) in [6, 6.07) is 17.7. The van der Waals surface area contributed by atoms with E-state index in [1.54, 1.807) is 6.07 Å². The molecule has 0 aliphatic carbocycles. The van der Waals surface area contributed by atoms with Crippen LogP contribution in [0.3, 0.4) is 0 Å². The largest absolute Gasteiger partial charge is 0.461 e. The highest BCUT2D eigenvalue weighted by molar-refractivity contribution is 6.01. The van der Waals surface area contributed by atoms with Crippen LogP contribution >= 0.6 is 0 Å². The Morgan fingerprint density at radius 1 is 0.933 bits per heavy atom. The minimum atomic E-state index is -0.926. The summed E-state index contributed by atoms with van der Waals surface area (Å²) in [5, 5.41) is 4.15. The van der Waals surface area contributed by atoms with Gasteiger partial charge in [-0.2, -0.15) is 0 Å². The number of halogens is 1. The first-order valence-corrected chi connectivity index (χ1v) is 9.16. The van der Waals surface area contributed by atoms with E-state index in [1.165, 1.54) is 24.3 Å². The van der Waals surface area contributed by atoms with Gasteiger partial charge in [0.25, 0.3) is 5.91 Å². The topological polar surface area (TPSA) is 97.6 Å². The van der Waals surface area contributed by atoms with Crippen molar-refractivity contribution in [2.75, 3.05) is 11.9 Å². The highest BCUT2D eigenvalue weighted by Crippen LogP contribution is 2.22. The molecule has 0 fully saturated rings. The van der Waals surface area contributed by atoms with E-state index in [1.807, 2.05) is 41.7 Å². The predicted molar refractivity (Wildman–Crippen MR) is 107 cm³/mol. The molecule has 3 amide bonds. The van der Waals surface area contributed by atoms with Crippen LogP contribution in [0.5, 0.6) is 0 Å². The van der Waals surface area contributed by atoms with Crippen molar-refractivity contribution in [1.29, 1.82) is 0 Å². The number of carbonyl (C=O) groups is 3. The third-order valence-electron chi connectivity index (χ3n) is 4.03. The zero-order valence-electron chi connectivity index (χ0n) is 15.9. The molecule has 0 aliphatic rings. The SMILES string of the molecule is O=C(COC(=O)CCc1ccc(-c2ccccc2)o1)NC(=O)Nc1ccccc1F. The van der Waals surface area contributed by atoms with Crippen LogP contribution in [0.1, 0.15) is 12.2 Å². The molecule has 0 spiro atoms. The number of aryl methyl sites for hydroxylation is 1. The third-order valence-corrected chi connectivity index (χ3v) is 4.03. The Hall–Kier alpha value is -3.94. The lowest BCUT2D eigenvalue weighted by atomic mass is 10.2. The molecule has 0 bridgehead atoms. The summed E-state index contributed by atoms with van der Waals surface area (Å²) in [6.07, 6.45) is 0.317. The maximum Gasteiger partial charge on any atom is 0.326 e. The molecule has 1 aromatic heterocycles. The average Bonchev–Trinajstić information content (AvgIpc) is 3.22. The van der Waals surface area contributed by atoms with Crippen LogP contribution in [0.25, 0.3) is 11.3 Å². The third kappa shape index (κ3) is 6.03. The fourth-order valence-corrected chi connectivity index (χ4v) is 2.59. The number of benzene rings is 2. The molecule has 154 valence electrons. The maximum atomic E-state index is 13.5. The number of imide groups is 1. The van der Waals surface area contributed by atoms with Gasteiger partial charge in [0, 0.05) is 12.0 Å². The van der Waals surface area contributed by atoms with Gasteiger partial charge in [-0.15, -0.1) is 0 Å². The highest BCUT2D eigenvalue weighted by Gasteiger charge is 2.13. The lowest BCUT2D eigenvalue weighted by molar-refractivity contribution is -0.148. The second-order valence-electron chi connectivity index (χ2n) is 6.27. The van der Waals surface area contributed by atoms with Gasteiger partial charge >= 0.3 is 12.0 Å². The minimum Gasteiger partial charge on any atom is -0.461 e. The molecule has 3 aromatic rings. The number of rotatable bonds is 7. The molecule has 0 atom stereocenters. The summed E-state index contributed by atoms with van der Waals surface area (Å²) in [5.74, 6) is -0.780. The number of urea groups is 1. The van der Waals surface area contributed by atoms with Gasteiger partial charge < -0.3 is 14.5 Å². The average molecular weight is 410 g/mol. The minimum absolute atomic E-state index is 0.0104. The molecule has 0 radical (unpaired) electrons. The van der Waals surface area contributed by atoms with Crippen LogP contribution in [0, 0.1) is 5.82 Å². The number of esters is 1. The van der Waals surface area contributed by atoms with Crippen molar-refractivity contribution in [2.24, 2.45) is 0 Å². The molecule has 0 saturated heterocycles. The van der Waals surface area contributed by atoms with Crippen LogP contribution < -0.4 is 10.6 Å². The van der Waals surface area contributed by atoms with Crippen LogP contribution in [-0.4, -0.2) is 24.5 Å². The Kier molecular flexibility index (Phi) is 6.94. The van der Waals surface area contributed by atoms with Crippen LogP contribution in [0.2, 0.25) is 0 Å². The van der Waals surface area contributed by atoms with Gasteiger partial charge in [0.15, 0.2) is 6.61 Å². The van der Waals surface area contributed by atoms with Crippen LogP contribution in [0.4, 0.5) is 14.9 Å². The zero-order valence-corrected chi connectivity index (χ0v) is 15.9. The van der Waals surface area contributed by atoms with Gasteiger partial charge in [0.05, 0.1) is 12.1 Å². The van der Waals surface area contributed by atoms with Gasteiger partial charge in [-0.1, -0.05) is 42.5 Å².